The standard InChI is InChI=1S/C20H12F3N3O/c21-13-6-4-12(5-7-13)20(27)25-19-18(15-11-14(22)8-9-16(15)23)24-17-3-1-2-10-26(17)19/h1-11H,(H,25,27). The predicted octanol–water partition coefficient (Wildman–Crippen LogP) is 4.67. The van der Waals surface area contributed by atoms with Crippen molar-refractivity contribution < 1.29 is 18.0 Å². The van der Waals surface area contributed by atoms with Gasteiger partial charge in [0.1, 0.15) is 34.6 Å². The summed E-state index contributed by atoms with van der Waals surface area (Å²) in [6.07, 6.45) is 1.64. The van der Waals surface area contributed by atoms with E-state index in [2.05, 4.69) is 10.3 Å². The van der Waals surface area contributed by atoms with Gasteiger partial charge in [-0.05, 0) is 54.6 Å². The quantitative estimate of drug-likeness (QED) is 0.572. The lowest BCUT2D eigenvalue weighted by Gasteiger charge is -2.08. The van der Waals surface area contributed by atoms with E-state index >= 15 is 0 Å². The summed E-state index contributed by atoms with van der Waals surface area (Å²) in [6.45, 7) is 0. The number of fused-ring (bicyclic) bond motifs is 1. The molecule has 0 radical (unpaired) electrons. The second kappa shape index (κ2) is 6.60. The van der Waals surface area contributed by atoms with Crippen molar-refractivity contribution >= 4 is 17.4 Å². The van der Waals surface area contributed by atoms with Crippen molar-refractivity contribution in [1.29, 1.82) is 0 Å². The van der Waals surface area contributed by atoms with E-state index in [9.17, 15) is 18.0 Å². The molecule has 0 atom stereocenters. The van der Waals surface area contributed by atoms with Crippen molar-refractivity contribution in [2.75, 3.05) is 5.32 Å². The Morgan fingerprint density at radius 2 is 1.67 bits per heavy atom. The molecule has 2 aromatic carbocycles. The van der Waals surface area contributed by atoms with Gasteiger partial charge in [-0.3, -0.25) is 9.20 Å². The average molecular weight is 367 g/mol. The molecule has 2 aromatic heterocycles. The molecule has 4 nitrogen and oxygen atoms in total. The molecule has 0 saturated carbocycles. The highest BCUT2D eigenvalue weighted by molar-refractivity contribution is 6.05. The van der Waals surface area contributed by atoms with Crippen LogP contribution in [0.1, 0.15) is 10.4 Å². The number of rotatable bonds is 3. The molecule has 27 heavy (non-hydrogen) atoms. The Morgan fingerprint density at radius 3 is 2.44 bits per heavy atom. The van der Waals surface area contributed by atoms with E-state index in [-0.39, 0.29) is 22.6 Å². The van der Waals surface area contributed by atoms with Gasteiger partial charge >= 0.3 is 0 Å². The number of nitrogens with one attached hydrogen (secondary N) is 1. The van der Waals surface area contributed by atoms with Crippen LogP contribution in [0.2, 0.25) is 0 Å². The van der Waals surface area contributed by atoms with Crippen LogP contribution in [0.15, 0.2) is 66.9 Å². The third-order valence-corrected chi connectivity index (χ3v) is 4.05. The number of hydrogen-bond acceptors (Lipinski definition) is 2. The van der Waals surface area contributed by atoms with Gasteiger partial charge in [0, 0.05) is 17.3 Å². The summed E-state index contributed by atoms with van der Waals surface area (Å²) in [5.41, 5.74) is 0.681. The molecule has 0 saturated heterocycles. The third kappa shape index (κ3) is 3.15. The summed E-state index contributed by atoms with van der Waals surface area (Å²) >= 11 is 0. The highest BCUT2D eigenvalue weighted by atomic mass is 19.1. The average Bonchev–Trinajstić information content (AvgIpc) is 3.02. The minimum Gasteiger partial charge on any atom is -0.306 e. The maximum Gasteiger partial charge on any atom is 0.256 e. The molecular formula is C20H12F3N3O. The number of pyridine rings is 1. The predicted molar refractivity (Wildman–Crippen MR) is 94.9 cm³/mol. The number of anilines is 1. The molecular weight excluding hydrogens is 355 g/mol. The zero-order chi connectivity index (χ0) is 19.0. The fraction of sp³-hybridized carbons (Fsp3) is 0. The highest BCUT2D eigenvalue weighted by Gasteiger charge is 2.20. The first-order valence-electron chi connectivity index (χ1n) is 8.02. The van der Waals surface area contributed by atoms with Crippen molar-refractivity contribution in [2.45, 2.75) is 0 Å². The van der Waals surface area contributed by atoms with Gasteiger partial charge in [-0.2, -0.15) is 0 Å². The zero-order valence-corrected chi connectivity index (χ0v) is 13.8. The van der Waals surface area contributed by atoms with Crippen LogP contribution in [-0.4, -0.2) is 15.3 Å². The van der Waals surface area contributed by atoms with Gasteiger partial charge < -0.3 is 5.32 Å². The number of carbonyl (C=O) groups excluding carboxylic acids is 1. The maximum absolute atomic E-state index is 14.3. The van der Waals surface area contributed by atoms with E-state index in [0.29, 0.717) is 5.65 Å². The molecule has 134 valence electrons. The largest absolute Gasteiger partial charge is 0.306 e. The van der Waals surface area contributed by atoms with E-state index in [1.54, 1.807) is 28.8 Å². The van der Waals surface area contributed by atoms with Gasteiger partial charge in [0.05, 0.1) is 0 Å². The van der Waals surface area contributed by atoms with Gasteiger partial charge in [-0.1, -0.05) is 6.07 Å². The number of hydrogen-bond donors (Lipinski definition) is 1. The maximum atomic E-state index is 14.3. The van der Waals surface area contributed by atoms with Crippen molar-refractivity contribution in [3.8, 4) is 11.3 Å². The lowest BCUT2D eigenvalue weighted by Crippen LogP contribution is -2.14. The Kier molecular flexibility index (Phi) is 4.12. The van der Waals surface area contributed by atoms with E-state index in [1.807, 2.05) is 0 Å². The molecule has 7 heteroatoms. The second-order valence-electron chi connectivity index (χ2n) is 5.82. The summed E-state index contributed by atoms with van der Waals surface area (Å²) < 4.78 is 42.6. The molecule has 4 aromatic rings. The minimum absolute atomic E-state index is 0.0758. The van der Waals surface area contributed by atoms with Crippen molar-refractivity contribution in [1.82, 2.24) is 9.38 Å². The first-order chi connectivity index (χ1) is 13.0. The van der Waals surface area contributed by atoms with Gasteiger partial charge in [0.15, 0.2) is 0 Å². The number of carbonyl (C=O) groups is 1. The monoisotopic (exact) mass is 367 g/mol. The van der Waals surface area contributed by atoms with E-state index in [4.69, 9.17) is 0 Å². The van der Waals surface area contributed by atoms with Crippen LogP contribution in [0.25, 0.3) is 16.9 Å². The van der Waals surface area contributed by atoms with Crippen LogP contribution in [0.4, 0.5) is 19.0 Å². The number of halogens is 3. The van der Waals surface area contributed by atoms with Crippen molar-refractivity contribution in [2.24, 2.45) is 0 Å². The third-order valence-electron chi connectivity index (χ3n) is 4.05. The summed E-state index contributed by atoms with van der Waals surface area (Å²) in [5, 5.41) is 2.66. The first-order valence-corrected chi connectivity index (χ1v) is 8.02. The Labute approximate surface area is 151 Å². The summed E-state index contributed by atoms with van der Waals surface area (Å²) in [6, 6.07) is 13.1. The molecule has 0 aliphatic heterocycles. The number of benzene rings is 2. The number of nitrogens with zero attached hydrogens (tertiary/aromatic N) is 2. The van der Waals surface area contributed by atoms with Crippen LogP contribution in [-0.2, 0) is 0 Å². The van der Waals surface area contributed by atoms with E-state index in [1.165, 1.54) is 12.1 Å². The molecule has 0 aliphatic rings. The molecule has 0 fully saturated rings. The molecule has 4 rings (SSSR count). The lowest BCUT2D eigenvalue weighted by molar-refractivity contribution is 0.102. The Bertz CT molecular complexity index is 1150. The second-order valence-corrected chi connectivity index (χ2v) is 5.82. The minimum atomic E-state index is -0.669. The Balaban J connectivity index is 1.84. The summed E-state index contributed by atoms with van der Waals surface area (Å²) in [5.74, 6) is -2.11. The molecule has 0 unspecified atom stereocenters. The zero-order valence-electron chi connectivity index (χ0n) is 13.8. The Morgan fingerprint density at radius 1 is 0.926 bits per heavy atom. The van der Waals surface area contributed by atoms with Crippen LogP contribution in [0.3, 0.4) is 0 Å². The highest BCUT2D eigenvalue weighted by Crippen LogP contribution is 2.31. The molecule has 1 amide bonds. The topological polar surface area (TPSA) is 46.4 Å². The number of aromatic nitrogens is 2. The summed E-state index contributed by atoms with van der Waals surface area (Å²) in [7, 11) is 0. The molecule has 0 spiro atoms. The van der Waals surface area contributed by atoms with Crippen molar-refractivity contribution in [3.05, 3.63) is 89.9 Å². The van der Waals surface area contributed by atoms with E-state index < -0.39 is 23.4 Å². The number of imidazole rings is 1. The fourth-order valence-corrected chi connectivity index (χ4v) is 2.76. The fourth-order valence-electron chi connectivity index (χ4n) is 2.76. The first kappa shape index (κ1) is 16.8. The van der Waals surface area contributed by atoms with Crippen LogP contribution in [0.5, 0.6) is 0 Å². The Hall–Kier alpha value is -3.61. The smallest absolute Gasteiger partial charge is 0.256 e. The van der Waals surface area contributed by atoms with Gasteiger partial charge in [0.25, 0.3) is 5.91 Å². The molecule has 2 heterocycles. The summed E-state index contributed by atoms with van der Waals surface area (Å²) in [4.78, 5) is 16.9. The number of amides is 1. The van der Waals surface area contributed by atoms with Gasteiger partial charge in [-0.15, -0.1) is 0 Å². The SMILES string of the molecule is O=C(Nc1c(-c2cc(F)ccc2F)nc2ccccn12)c1ccc(F)cc1. The van der Waals surface area contributed by atoms with Crippen LogP contribution >= 0.6 is 0 Å². The normalized spacial score (nSPS) is 10.9. The molecule has 0 bridgehead atoms. The van der Waals surface area contributed by atoms with Gasteiger partial charge in [-0.25, -0.2) is 18.2 Å². The van der Waals surface area contributed by atoms with Crippen molar-refractivity contribution in [3.63, 3.8) is 0 Å². The lowest BCUT2D eigenvalue weighted by atomic mass is 10.1. The van der Waals surface area contributed by atoms with Crippen LogP contribution in [0, 0.1) is 17.5 Å². The van der Waals surface area contributed by atoms with E-state index in [0.717, 1.165) is 30.3 Å². The molecule has 1 N–H and O–H groups in total. The molecule has 0 aliphatic carbocycles. The van der Waals surface area contributed by atoms with Crippen LogP contribution < -0.4 is 5.32 Å². The van der Waals surface area contributed by atoms with Gasteiger partial charge in [0.2, 0.25) is 0 Å².